The fraction of sp³-hybridized carbons (Fsp3) is 0.364. The molecule has 28 heavy (non-hydrogen) atoms. The van der Waals surface area contributed by atoms with E-state index in [1.54, 1.807) is 12.3 Å². The Balaban J connectivity index is 1.54. The molecule has 0 fully saturated rings. The van der Waals surface area contributed by atoms with E-state index in [2.05, 4.69) is 41.4 Å². The van der Waals surface area contributed by atoms with Gasteiger partial charge < -0.3 is 14.4 Å². The standard InChI is InChI=1S/C22H27N3O3/c1-3-13-25(14-4-2)18-11-9-17(10-12-18)15-23-24-22(26)21-16-27-19-7-5-6-8-20(19)28-21/h5-12,15,21H,3-4,13-14,16H2,1-2H3,(H,24,26)/t21-/m0/s1. The lowest BCUT2D eigenvalue weighted by Gasteiger charge is -2.24. The number of hydrazone groups is 1. The molecule has 0 unspecified atom stereocenters. The third kappa shape index (κ3) is 5.03. The van der Waals surface area contributed by atoms with Crippen molar-refractivity contribution in [2.45, 2.75) is 32.8 Å². The zero-order valence-corrected chi connectivity index (χ0v) is 16.4. The van der Waals surface area contributed by atoms with E-state index in [1.165, 1.54) is 5.69 Å². The normalized spacial score (nSPS) is 15.4. The molecule has 6 heteroatoms. The van der Waals surface area contributed by atoms with Gasteiger partial charge in [-0.25, -0.2) is 5.43 Å². The Morgan fingerprint density at radius 1 is 1.11 bits per heavy atom. The maximum Gasteiger partial charge on any atom is 0.284 e. The molecule has 0 radical (unpaired) electrons. The van der Waals surface area contributed by atoms with Gasteiger partial charge in [0, 0.05) is 18.8 Å². The van der Waals surface area contributed by atoms with Gasteiger partial charge in [-0.1, -0.05) is 38.1 Å². The average molecular weight is 381 g/mol. The number of hydrogen-bond donors (Lipinski definition) is 1. The summed E-state index contributed by atoms with van der Waals surface area (Å²) in [4.78, 5) is 14.6. The van der Waals surface area contributed by atoms with E-state index >= 15 is 0 Å². The second-order valence-electron chi connectivity index (χ2n) is 6.68. The van der Waals surface area contributed by atoms with Crippen molar-refractivity contribution in [1.82, 2.24) is 5.43 Å². The molecule has 0 aliphatic carbocycles. The highest BCUT2D eigenvalue weighted by atomic mass is 16.6. The fourth-order valence-electron chi connectivity index (χ4n) is 3.07. The maximum atomic E-state index is 12.2. The van der Waals surface area contributed by atoms with Crippen LogP contribution in [-0.2, 0) is 4.79 Å². The van der Waals surface area contributed by atoms with Crippen molar-refractivity contribution in [2.75, 3.05) is 24.6 Å². The Bertz CT molecular complexity index is 799. The summed E-state index contributed by atoms with van der Waals surface area (Å²) >= 11 is 0. The number of hydrogen-bond acceptors (Lipinski definition) is 5. The van der Waals surface area contributed by atoms with Crippen molar-refractivity contribution in [3.63, 3.8) is 0 Å². The monoisotopic (exact) mass is 381 g/mol. The van der Waals surface area contributed by atoms with Crippen LogP contribution in [0.1, 0.15) is 32.3 Å². The molecule has 1 aliphatic rings. The molecule has 1 heterocycles. The Morgan fingerprint density at radius 3 is 2.46 bits per heavy atom. The second-order valence-corrected chi connectivity index (χ2v) is 6.68. The number of nitrogens with one attached hydrogen (secondary N) is 1. The summed E-state index contributed by atoms with van der Waals surface area (Å²) in [7, 11) is 0. The predicted molar refractivity (Wildman–Crippen MR) is 111 cm³/mol. The topological polar surface area (TPSA) is 63.2 Å². The number of carbonyl (C=O) groups is 1. The molecule has 6 nitrogen and oxygen atoms in total. The van der Waals surface area contributed by atoms with Gasteiger partial charge >= 0.3 is 0 Å². The first-order valence-corrected chi connectivity index (χ1v) is 9.77. The van der Waals surface area contributed by atoms with E-state index < -0.39 is 6.10 Å². The molecule has 1 atom stereocenters. The minimum atomic E-state index is -0.717. The molecule has 148 valence electrons. The van der Waals surface area contributed by atoms with Crippen LogP contribution in [0.25, 0.3) is 0 Å². The van der Waals surface area contributed by atoms with E-state index in [1.807, 2.05) is 30.3 Å². The van der Waals surface area contributed by atoms with Crippen LogP contribution in [0, 0.1) is 0 Å². The first-order valence-electron chi connectivity index (χ1n) is 9.77. The molecule has 2 aromatic rings. The summed E-state index contributed by atoms with van der Waals surface area (Å²) in [6.45, 7) is 6.63. The molecule has 1 amide bonds. The van der Waals surface area contributed by atoms with Gasteiger partial charge in [0.2, 0.25) is 6.10 Å². The van der Waals surface area contributed by atoms with Crippen LogP contribution in [-0.4, -0.2) is 37.9 Å². The Labute approximate surface area is 166 Å². The number of anilines is 1. The lowest BCUT2D eigenvalue weighted by molar-refractivity contribution is -0.130. The lowest BCUT2D eigenvalue weighted by atomic mass is 10.2. The molecule has 0 saturated carbocycles. The highest BCUT2D eigenvalue weighted by Gasteiger charge is 2.26. The number of ether oxygens (including phenoxy) is 2. The zero-order valence-electron chi connectivity index (χ0n) is 16.4. The van der Waals surface area contributed by atoms with Crippen molar-refractivity contribution in [2.24, 2.45) is 5.10 Å². The van der Waals surface area contributed by atoms with Crippen LogP contribution < -0.4 is 19.8 Å². The third-order valence-electron chi connectivity index (χ3n) is 4.43. The number of para-hydroxylation sites is 2. The van der Waals surface area contributed by atoms with Gasteiger partial charge in [-0.2, -0.15) is 5.10 Å². The molecule has 0 spiro atoms. The molecule has 0 saturated heterocycles. The van der Waals surface area contributed by atoms with Crippen LogP contribution in [0.3, 0.4) is 0 Å². The van der Waals surface area contributed by atoms with Crippen LogP contribution in [0.5, 0.6) is 11.5 Å². The average Bonchev–Trinajstić information content (AvgIpc) is 2.73. The van der Waals surface area contributed by atoms with Gasteiger partial charge in [0.15, 0.2) is 11.5 Å². The van der Waals surface area contributed by atoms with Gasteiger partial charge in [-0.05, 0) is 42.7 Å². The zero-order chi connectivity index (χ0) is 19.8. The summed E-state index contributed by atoms with van der Waals surface area (Å²) in [5.74, 6) is 0.881. The molecular formula is C22H27N3O3. The quantitative estimate of drug-likeness (QED) is 0.561. The molecular weight excluding hydrogens is 354 g/mol. The lowest BCUT2D eigenvalue weighted by Crippen LogP contribution is -2.42. The Hall–Kier alpha value is -3.02. The minimum Gasteiger partial charge on any atom is -0.485 e. The first-order chi connectivity index (χ1) is 13.7. The fourth-order valence-corrected chi connectivity index (χ4v) is 3.07. The summed E-state index contributed by atoms with van der Waals surface area (Å²) < 4.78 is 11.2. The van der Waals surface area contributed by atoms with E-state index in [9.17, 15) is 4.79 Å². The van der Waals surface area contributed by atoms with Gasteiger partial charge in [-0.15, -0.1) is 0 Å². The number of benzene rings is 2. The van der Waals surface area contributed by atoms with Gasteiger partial charge in [0.1, 0.15) is 6.61 Å². The van der Waals surface area contributed by atoms with Crippen molar-refractivity contribution in [3.05, 3.63) is 54.1 Å². The van der Waals surface area contributed by atoms with Crippen LogP contribution in [0.15, 0.2) is 53.6 Å². The van der Waals surface area contributed by atoms with Crippen molar-refractivity contribution in [3.8, 4) is 11.5 Å². The van der Waals surface area contributed by atoms with Crippen LogP contribution in [0.4, 0.5) is 5.69 Å². The number of carbonyl (C=O) groups excluding carboxylic acids is 1. The van der Waals surface area contributed by atoms with Crippen molar-refractivity contribution >= 4 is 17.8 Å². The minimum absolute atomic E-state index is 0.164. The number of fused-ring (bicyclic) bond motifs is 1. The Kier molecular flexibility index (Phi) is 6.89. The smallest absolute Gasteiger partial charge is 0.284 e. The molecule has 1 N–H and O–H groups in total. The van der Waals surface area contributed by atoms with E-state index in [0.29, 0.717) is 11.5 Å². The van der Waals surface area contributed by atoms with Crippen molar-refractivity contribution < 1.29 is 14.3 Å². The van der Waals surface area contributed by atoms with E-state index in [0.717, 1.165) is 31.5 Å². The van der Waals surface area contributed by atoms with Crippen molar-refractivity contribution in [1.29, 1.82) is 0 Å². The third-order valence-corrected chi connectivity index (χ3v) is 4.43. The van der Waals surface area contributed by atoms with Gasteiger partial charge in [-0.3, -0.25) is 4.79 Å². The molecule has 3 rings (SSSR count). The maximum absolute atomic E-state index is 12.2. The molecule has 0 bridgehead atoms. The summed E-state index contributed by atoms with van der Waals surface area (Å²) in [5, 5.41) is 4.05. The number of amides is 1. The Morgan fingerprint density at radius 2 is 1.79 bits per heavy atom. The largest absolute Gasteiger partial charge is 0.485 e. The summed E-state index contributed by atoms with van der Waals surface area (Å²) in [6, 6.07) is 15.5. The van der Waals surface area contributed by atoms with Crippen LogP contribution in [0.2, 0.25) is 0 Å². The summed E-state index contributed by atoms with van der Waals surface area (Å²) in [6.07, 6.45) is 3.15. The molecule has 2 aromatic carbocycles. The summed E-state index contributed by atoms with van der Waals surface area (Å²) in [5.41, 5.74) is 4.65. The van der Waals surface area contributed by atoms with Gasteiger partial charge in [0.25, 0.3) is 5.91 Å². The number of nitrogens with zero attached hydrogens (tertiary/aromatic N) is 2. The molecule has 0 aromatic heterocycles. The van der Waals surface area contributed by atoms with E-state index in [-0.39, 0.29) is 12.5 Å². The van der Waals surface area contributed by atoms with Crippen LogP contribution >= 0.6 is 0 Å². The predicted octanol–water partition coefficient (Wildman–Crippen LogP) is 3.60. The second kappa shape index (κ2) is 9.78. The number of rotatable bonds is 8. The molecule has 1 aliphatic heterocycles. The van der Waals surface area contributed by atoms with E-state index in [4.69, 9.17) is 9.47 Å². The highest BCUT2D eigenvalue weighted by molar-refractivity contribution is 5.85. The first kappa shape index (κ1) is 19.7. The van der Waals surface area contributed by atoms with Gasteiger partial charge in [0.05, 0.1) is 6.21 Å². The SMILES string of the molecule is CCCN(CCC)c1ccc(C=NNC(=O)[C@@H]2COc3ccccc3O2)cc1. The highest BCUT2D eigenvalue weighted by Crippen LogP contribution is 2.30.